The molecule has 0 heterocycles. The minimum atomic E-state index is -0.300. The fourth-order valence-electron chi connectivity index (χ4n) is 0.836. The number of ether oxygens (including phenoxy) is 1. The van der Waals surface area contributed by atoms with Crippen LogP contribution in [-0.2, 0) is 4.74 Å². The molecule has 0 saturated heterocycles. The number of β-amino-alcohol motifs (C(OH)–C–C–N with tert-alkyl or cyclic N) is 1. The second kappa shape index (κ2) is 4.70. The van der Waals surface area contributed by atoms with Gasteiger partial charge in [0.1, 0.15) is 0 Å². The molecule has 1 atom stereocenters. The summed E-state index contributed by atoms with van der Waals surface area (Å²) in [6.45, 7) is 7.10. The third-order valence-electron chi connectivity index (χ3n) is 1.38. The van der Waals surface area contributed by atoms with E-state index in [1.165, 1.54) is 0 Å². The minimum absolute atomic E-state index is 0.0499. The van der Waals surface area contributed by atoms with Crippen LogP contribution in [0.25, 0.3) is 0 Å². The quantitative estimate of drug-likeness (QED) is 0.612. The van der Waals surface area contributed by atoms with Gasteiger partial charge in [-0.15, -0.1) is 0 Å². The Kier molecular flexibility index (Phi) is 4.65. The smallest absolute Gasteiger partial charge is 0.0639 e. The lowest BCUT2D eigenvalue weighted by molar-refractivity contribution is 0.112. The van der Waals surface area contributed by atoms with E-state index in [1.54, 1.807) is 14.0 Å². The first kappa shape index (κ1) is 10.9. The zero-order chi connectivity index (χ0) is 8.91. The van der Waals surface area contributed by atoms with Gasteiger partial charge in [-0.1, -0.05) is 0 Å². The standard InChI is InChI=1S/C8H19NO2/c1-7(10)5-9-8(2,3)6-11-4/h7,9-10H,5-6H2,1-4H3/t7-/m1/s1. The van der Waals surface area contributed by atoms with E-state index < -0.39 is 0 Å². The van der Waals surface area contributed by atoms with Crippen LogP contribution in [0.2, 0.25) is 0 Å². The summed E-state index contributed by atoms with van der Waals surface area (Å²) < 4.78 is 4.99. The summed E-state index contributed by atoms with van der Waals surface area (Å²) in [7, 11) is 1.67. The van der Waals surface area contributed by atoms with E-state index >= 15 is 0 Å². The van der Waals surface area contributed by atoms with Gasteiger partial charge in [-0.05, 0) is 20.8 Å². The van der Waals surface area contributed by atoms with Crippen LogP contribution in [0.4, 0.5) is 0 Å². The summed E-state index contributed by atoms with van der Waals surface area (Å²) in [6, 6.07) is 0. The molecule has 0 aromatic heterocycles. The second-order valence-corrected chi connectivity index (χ2v) is 3.55. The van der Waals surface area contributed by atoms with Crippen LogP contribution in [0.15, 0.2) is 0 Å². The Morgan fingerprint density at radius 3 is 2.45 bits per heavy atom. The fourth-order valence-corrected chi connectivity index (χ4v) is 0.836. The van der Waals surface area contributed by atoms with E-state index in [-0.39, 0.29) is 11.6 Å². The van der Waals surface area contributed by atoms with Crippen LogP contribution in [0.5, 0.6) is 0 Å². The van der Waals surface area contributed by atoms with Gasteiger partial charge < -0.3 is 15.2 Å². The molecular formula is C8H19NO2. The summed E-state index contributed by atoms with van der Waals surface area (Å²) in [5.41, 5.74) is -0.0499. The molecule has 0 saturated carbocycles. The lowest BCUT2D eigenvalue weighted by atomic mass is 10.1. The lowest BCUT2D eigenvalue weighted by Gasteiger charge is -2.26. The molecule has 0 aromatic rings. The van der Waals surface area contributed by atoms with Crippen molar-refractivity contribution in [1.29, 1.82) is 0 Å². The molecule has 68 valence electrons. The molecular weight excluding hydrogens is 142 g/mol. The van der Waals surface area contributed by atoms with Gasteiger partial charge in [0.15, 0.2) is 0 Å². The molecule has 3 nitrogen and oxygen atoms in total. The predicted octanol–water partition coefficient (Wildman–Crippen LogP) is 0.382. The van der Waals surface area contributed by atoms with E-state index in [0.717, 1.165) is 0 Å². The highest BCUT2D eigenvalue weighted by Crippen LogP contribution is 2.01. The van der Waals surface area contributed by atoms with Crippen LogP contribution in [0.3, 0.4) is 0 Å². The second-order valence-electron chi connectivity index (χ2n) is 3.55. The Bertz CT molecular complexity index is 102. The van der Waals surface area contributed by atoms with E-state index in [0.29, 0.717) is 13.2 Å². The number of hydrogen-bond acceptors (Lipinski definition) is 3. The van der Waals surface area contributed by atoms with Crippen molar-refractivity contribution in [2.24, 2.45) is 0 Å². The van der Waals surface area contributed by atoms with E-state index in [1.807, 2.05) is 13.8 Å². The van der Waals surface area contributed by atoms with Crippen LogP contribution < -0.4 is 5.32 Å². The van der Waals surface area contributed by atoms with Crippen LogP contribution in [0, 0.1) is 0 Å². The number of rotatable bonds is 5. The summed E-state index contributed by atoms with van der Waals surface area (Å²) in [5, 5.41) is 12.2. The number of aliphatic hydroxyl groups excluding tert-OH is 1. The van der Waals surface area contributed by atoms with Gasteiger partial charge in [-0.25, -0.2) is 0 Å². The highest BCUT2D eigenvalue weighted by atomic mass is 16.5. The molecule has 0 aliphatic heterocycles. The molecule has 0 rings (SSSR count). The molecule has 3 heteroatoms. The predicted molar refractivity (Wildman–Crippen MR) is 45.6 cm³/mol. The number of hydrogen-bond donors (Lipinski definition) is 2. The molecule has 0 radical (unpaired) electrons. The molecule has 0 spiro atoms. The zero-order valence-electron chi connectivity index (χ0n) is 7.85. The monoisotopic (exact) mass is 161 g/mol. The average Bonchev–Trinajstić information content (AvgIpc) is 1.84. The van der Waals surface area contributed by atoms with Gasteiger partial charge in [-0.3, -0.25) is 0 Å². The first-order valence-corrected chi connectivity index (χ1v) is 3.90. The Morgan fingerprint density at radius 1 is 1.55 bits per heavy atom. The zero-order valence-corrected chi connectivity index (χ0v) is 7.85. The topological polar surface area (TPSA) is 41.5 Å². The fraction of sp³-hybridized carbons (Fsp3) is 1.00. The molecule has 11 heavy (non-hydrogen) atoms. The van der Waals surface area contributed by atoms with Crippen molar-refractivity contribution in [2.75, 3.05) is 20.3 Å². The first-order valence-electron chi connectivity index (χ1n) is 3.90. The largest absolute Gasteiger partial charge is 0.392 e. The van der Waals surface area contributed by atoms with E-state index in [9.17, 15) is 0 Å². The van der Waals surface area contributed by atoms with Gasteiger partial charge in [-0.2, -0.15) is 0 Å². The number of aliphatic hydroxyl groups is 1. The molecule has 0 bridgehead atoms. The SMILES string of the molecule is COCC(C)(C)NC[C@@H](C)O. The van der Waals surface area contributed by atoms with E-state index in [2.05, 4.69) is 5.32 Å². The lowest BCUT2D eigenvalue weighted by Crippen LogP contribution is -2.46. The summed E-state index contributed by atoms with van der Waals surface area (Å²) >= 11 is 0. The molecule has 0 unspecified atom stereocenters. The van der Waals surface area contributed by atoms with Crippen molar-refractivity contribution in [3.8, 4) is 0 Å². The van der Waals surface area contributed by atoms with Crippen LogP contribution in [-0.4, -0.2) is 37.0 Å². The maximum absolute atomic E-state index is 8.98. The van der Waals surface area contributed by atoms with Crippen molar-refractivity contribution in [2.45, 2.75) is 32.4 Å². The number of nitrogens with one attached hydrogen (secondary N) is 1. The normalized spacial score (nSPS) is 15.0. The highest BCUT2D eigenvalue weighted by Gasteiger charge is 2.16. The van der Waals surface area contributed by atoms with Crippen molar-refractivity contribution in [3.05, 3.63) is 0 Å². The molecule has 0 aliphatic rings. The van der Waals surface area contributed by atoms with Gasteiger partial charge in [0.25, 0.3) is 0 Å². The third kappa shape index (κ3) is 6.28. The Morgan fingerprint density at radius 2 is 2.09 bits per heavy atom. The Labute approximate surface area is 68.8 Å². The maximum atomic E-state index is 8.98. The van der Waals surface area contributed by atoms with Crippen LogP contribution in [0.1, 0.15) is 20.8 Å². The van der Waals surface area contributed by atoms with Crippen molar-refractivity contribution < 1.29 is 9.84 Å². The average molecular weight is 161 g/mol. The Hall–Kier alpha value is -0.120. The Balaban J connectivity index is 3.54. The molecule has 0 aliphatic carbocycles. The summed E-state index contributed by atoms with van der Waals surface area (Å²) in [6.07, 6.45) is -0.300. The molecule has 0 fully saturated rings. The third-order valence-corrected chi connectivity index (χ3v) is 1.38. The highest BCUT2D eigenvalue weighted by molar-refractivity contribution is 4.77. The molecule has 0 aromatic carbocycles. The molecule has 0 amide bonds. The van der Waals surface area contributed by atoms with Crippen molar-refractivity contribution >= 4 is 0 Å². The van der Waals surface area contributed by atoms with E-state index in [4.69, 9.17) is 9.84 Å². The first-order chi connectivity index (χ1) is 4.98. The minimum Gasteiger partial charge on any atom is -0.392 e. The summed E-state index contributed by atoms with van der Waals surface area (Å²) in [5.74, 6) is 0. The number of methoxy groups -OCH3 is 1. The van der Waals surface area contributed by atoms with Crippen molar-refractivity contribution in [1.82, 2.24) is 5.32 Å². The summed E-state index contributed by atoms with van der Waals surface area (Å²) in [4.78, 5) is 0. The van der Waals surface area contributed by atoms with Crippen LogP contribution >= 0.6 is 0 Å². The van der Waals surface area contributed by atoms with Crippen molar-refractivity contribution in [3.63, 3.8) is 0 Å². The van der Waals surface area contributed by atoms with Gasteiger partial charge >= 0.3 is 0 Å². The maximum Gasteiger partial charge on any atom is 0.0639 e. The van der Waals surface area contributed by atoms with Gasteiger partial charge in [0.2, 0.25) is 0 Å². The molecule has 2 N–H and O–H groups in total. The van der Waals surface area contributed by atoms with Gasteiger partial charge in [0.05, 0.1) is 12.7 Å². The van der Waals surface area contributed by atoms with Gasteiger partial charge in [0, 0.05) is 19.2 Å².